The van der Waals surface area contributed by atoms with Crippen molar-refractivity contribution in [2.45, 2.75) is 80.6 Å². The van der Waals surface area contributed by atoms with Gasteiger partial charge in [0.05, 0.1) is 23.2 Å². The highest BCUT2D eigenvalue weighted by Crippen LogP contribution is 2.71. The van der Waals surface area contributed by atoms with Gasteiger partial charge in [-0.15, -0.1) is 0 Å². The van der Waals surface area contributed by atoms with Crippen molar-refractivity contribution >= 4 is 16.6 Å². The number of carbonyl (C=O) groups is 1. The van der Waals surface area contributed by atoms with Gasteiger partial charge in [-0.25, -0.2) is 0 Å². The van der Waals surface area contributed by atoms with E-state index in [1.54, 1.807) is 25.1 Å². The van der Waals surface area contributed by atoms with Crippen molar-refractivity contribution < 1.29 is 60.2 Å². The van der Waals surface area contributed by atoms with Crippen LogP contribution < -0.4 is 4.74 Å². The minimum Gasteiger partial charge on any atom is -0.507 e. The lowest BCUT2D eigenvalue weighted by Gasteiger charge is -2.64. The first-order valence-electron chi connectivity index (χ1n) is 15.7. The summed E-state index contributed by atoms with van der Waals surface area (Å²) in [6.45, 7) is 4.06. The lowest BCUT2D eigenvalue weighted by Crippen LogP contribution is -2.73. The van der Waals surface area contributed by atoms with Gasteiger partial charge >= 0.3 is 0 Å². The third-order valence-electron chi connectivity index (χ3n) is 10.5. The third kappa shape index (κ3) is 4.09. The molecule has 12 nitrogen and oxygen atoms in total. The van der Waals surface area contributed by atoms with E-state index in [-0.39, 0.29) is 45.2 Å². The molecule has 4 aliphatic rings. The Bertz CT molecular complexity index is 1910. The topological polar surface area (TPSA) is 218 Å². The van der Waals surface area contributed by atoms with Gasteiger partial charge in [0.25, 0.3) is 0 Å². The van der Waals surface area contributed by atoms with Gasteiger partial charge in [0.2, 0.25) is 6.29 Å². The van der Waals surface area contributed by atoms with Crippen LogP contribution in [0.2, 0.25) is 0 Å². The lowest BCUT2D eigenvalue weighted by atomic mass is 9.40. The Labute approximate surface area is 275 Å². The predicted molar refractivity (Wildman–Crippen MR) is 169 cm³/mol. The molecule has 9 atom stereocenters. The maximum atomic E-state index is 14.8. The van der Waals surface area contributed by atoms with Crippen LogP contribution in [-0.4, -0.2) is 100 Å². The van der Waals surface area contributed by atoms with E-state index < -0.39 is 82.7 Å². The van der Waals surface area contributed by atoms with Gasteiger partial charge in [-0.3, -0.25) is 4.79 Å². The van der Waals surface area contributed by atoms with Crippen LogP contribution in [0.5, 0.6) is 17.2 Å². The fourth-order valence-electron chi connectivity index (χ4n) is 8.29. The summed E-state index contributed by atoms with van der Waals surface area (Å²) >= 11 is 0. The number of carbonyl (C=O) groups excluding carboxylic acids is 1. The van der Waals surface area contributed by atoms with Gasteiger partial charge in [-0.2, -0.15) is 0 Å². The standard InChI is InChI=1S/C36H38O12/c1-16-12-21-19-13-18-17(6-4-9-23(18)47-32-30(42)29(41)28(40)24(15-37)48-32)27(39)26(19)36(46)20-7-5-8-22(38)25(20)31(43)34(21,35(36,45)14-16)11-10-33(2,3)44/h4-13,21,24,28-30,32,37-42,44-46H,14-15H2,1-3H3. The Balaban J connectivity index is 1.54. The molecule has 0 amide bonds. The number of aliphatic hydroxyl groups excluding tert-OH is 4. The summed E-state index contributed by atoms with van der Waals surface area (Å²) < 4.78 is 11.6. The molecule has 1 heterocycles. The van der Waals surface area contributed by atoms with E-state index in [2.05, 4.69) is 0 Å². The molecule has 0 spiro atoms. The normalized spacial score (nSPS) is 35.7. The van der Waals surface area contributed by atoms with Crippen LogP contribution in [0, 0.1) is 5.41 Å². The summed E-state index contributed by atoms with van der Waals surface area (Å²) in [5, 5.41) is 101. The van der Waals surface area contributed by atoms with Crippen molar-refractivity contribution in [2.24, 2.45) is 5.41 Å². The zero-order chi connectivity index (χ0) is 34.7. The minimum atomic E-state index is -2.47. The molecule has 9 unspecified atom stereocenters. The Morgan fingerprint density at radius 1 is 1.02 bits per heavy atom. The van der Waals surface area contributed by atoms with Gasteiger partial charge in [-0.05, 0) is 44.5 Å². The summed E-state index contributed by atoms with van der Waals surface area (Å²) in [5.74, 6) is -2.54. The average Bonchev–Trinajstić information content (AvgIpc) is 3.02. The highest BCUT2D eigenvalue weighted by atomic mass is 16.7. The Morgan fingerprint density at radius 2 is 1.73 bits per heavy atom. The maximum absolute atomic E-state index is 14.8. The van der Waals surface area contributed by atoms with E-state index in [9.17, 15) is 50.8 Å². The highest BCUT2D eigenvalue weighted by Gasteiger charge is 2.76. The number of rotatable bonds is 5. The molecule has 1 aliphatic heterocycles. The van der Waals surface area contributed by atoms with Crippen LogP contribution in [0.15, 0.2) is 66.3 Å². The fourth-order valence-corrected chi connectivity index (χ4v) is 8.29. The van der Waals surface area contributed by atoms with Gasteiger partial charge in [-0.1, -0.05) is 48.1 Å². The number of aliphatic hydroxyl groups is 7. The van der Waals surface area contributed by atoms with E-state index >= 15 is 0 Å². The molecule has 1 fully saturated rings. The SMILES string of the molecule is CC1=CC2c3cc4c(OC5OC(CO)C(O)C(O)C5O)cccc4c(O)c3C3(O)c4cccc(O)c4C(=O)C2(C=CC(C)(C)O)C3(O)C1. The van der Waals surface area contributed by atoms with E-state index in [4.69, 9.17) is 9.47 Å². The van der Waals surface area contributed by atoms with Crippen molar-refractivity contribution in [3.63, 3.8) is 0 Å². The second-order valence-electron chi connectivity index (χ2n) is 14.0. The highest BCUT2D eigenvalue weighted by molar-refractivity contribution is 6.11. The van der Waals surface area contributed by atoms with E-state index in [0.29, 0.717) is 5.57 Å². The Hall–Kier alpha value is -3.85. The summed E-state index contributed by atoms with van der Waals surface area (Å²) in [6, 6.07) is 10.3. The number of ketones is 1. The molecule has 0 saturated carbocycles. The van der Waals surface area contributed by atoms with Crippen molar-refractivity contribution in [1.82, 2.24) is 0 Å². The largest absolute Gasteiger partial charge is 0.507 e. The van der Waals surface area contributed by atoms with Crippen LogP contribution in [0.1, 0.15) is 60.2 Å². The number of phenols is 2. The molecule has 48 heavy (non-hydrogen) atoms. The van der Waals surface area contributed by atoms with Crippen LogP contribution in [-0.2, 0) is 10.3 Å². The number of aromatic hydroxyl groups is 2. The van der Waals surface area contributed by atoms with Gasteiger partial charge in [0.1, 0.15) is 52.9 Å². The molecular weight excluding hydrogens is 624 g/mol. The number of phenolic OH excluding ortho intramolecular Hbond substituents is 2. The van der Waals surface area contributed by atoms with Crippen molar-refractivity contribution in [3.05, 3.63) is 88.5 Å². The minimum absolute atomic E-state index is 0.0508. The Morgan fingerprint density at radius 3 is 2.42 bits per heavy atom. The van der Waals surface area contributed by atoms with Crippen LogP contribution in [0.3, 0.4) is 0 Å². The average molecular weight is 663 g/mol. The lowest BCUT2D eigenvalue weighted by molar-refractivity contribution is -0.277. The second kappa shape index (κ2) is 10.6. The zero-order valence-electron chi connectivity index (χ0n) is 26.4. The van der Waals surface area contributed by atoms with Crippen molar-refractivity contribution in [1.29, 1.82) is 0 Å². The van der Waals surface area contributed by atoms with Crippen molar-refractivity contribution in [2.75, 3.05) is 6.61 Å². The number of fused-ring (bicyclic) bond motifs is 6. The molecule has 12 heteroatoms. The second-order valence-corrected chi connectivity index (χ2v) is 14.0. The quantitative estimate of drug-likeness (QED) is 0.177. The van der Waals surface area contributed by atoms with E-state index in [1.807, 2.05) is 0 Å². The summed E-state index contributed by atoms with van der Waals surface area (Å²) in [4.78, 5) is 14.8. The predicted octanol–water partition coefficient (Wildman–Crippen LogP) is 1.35. The molecule has 1 saturated heterocycles. The van der Waals surface area contributed by atoms with Gasteiger partial charge in [0, 0.05) is 34.2 Å². The van der Waals surface area contributed by atoms with Gasteiger partial charge < -0.3 is 55.4 Å². The first-order chi connectivity index (χ1) is 22.5. The molecule has 3 aromatic carbocycles. The molecule has 7 rings (SSSR count). The van der Waals surface area contributed by atoms with Crippen LogP contribution in [0.25, 0.3) is 10.8 Å². The number of allylic oxidation sites excluding steroid dienone is 1. The number of ether oxygens (including phenoxy) is 2. The van der Waals surface area contributed by atoms with E-state index in [0.717, 1.165) is 0 Å². The number of hydrogen-bond donors (Lipinski definition) is 9. The molecule has 0 radical (unpaired) electrons. The molecule has 4 bridgehead atoms. The first kappa shape index (κ1) is 32.7. The summed E-state index contributed by atoms with van der Waals surface area (Å²) in [5.41, 5.74) is -7.70. The zero-order valence-corrected chi connectivity index (χ0v) is 26.4. The summed E-state index contributed by atoms with van der Waals surface area (Å²) in [7, 11) is 0. The van der Waals surface area contributed by atoms with Crippen LogP contribution in [0.4, 0.5) is 0 Å². The monoisotopic (exact) mass is 662 g/mol. The maximum Gasteiger partial charge on any atom is 0.229 e. The number of benzene rings is 3. The number of hydrogen-bond acceptors (Lipinski definition) is 12. The molecule has 254 valence electrons. The fraction of sp³-hybridized carbons (Fsp3) is 0.417. The third-order valence-corrected chi connectivity index (χ3v) is 10.5. The van der Waals surface area contributed by atoms with Gasteiger partial charge in [0.15, 0.2) is 5.78 Å². The van der Waals surface area contributed by atoms with Crippen LogP contribution >= 0.6 is 0 Å². The molecule has 3 aromatic rings. The number of Topliss-reactive ketones (excluding diaryl/α,β-unsaturated/α-hetero) is 1. The molecular formula is C36H38O12. The molecule has 0 aromatic heterocycles. The van der Waals surface area contributed by atoms with Crippen molar-refractivity contribution in [3.8, 4) is 17.2 Å². The Kier molecular flexibility index (Phi) is 7.20. The first-order valence-corrected chi connectivity index (χ1v) is 15.7. The molecule has 3 aliphatic carbocycles. The molecule has 9 N–H and O–H groups in total. The van der Waals surface area contributed by atoms with E-state index in [1.165, 1.54) is 56.3 Å². The smallest absolute Gasteiger partial charge is 0.229 e. The summed E-state index contributed by atoms with van der Waals surface area (Å²) in [6.07, 6.45) is -3.49.